The molecule has 4 heteroatoms. The molecule has 2 heterocycles. The van der Waals surface area contributed by atoms with Gasteiger partial charge in [-0.2, -0.15) is 0 Å². The van der Waals surface area contributed by atoms with Crippen molar-refractivity contribution in [2.75, 3.05) is 24.6 Å². The van der Waals surface area contributed by atoms with Crippen LogP contribution < -0.4 is 14.4 Å². The van der Waals surface area contributed by atoms with Crippen LogP contribution in [0.1, 0.15) is 54.9 Å². The van der Waals surface area contributed by atoms with Crippen molar-refractivity contribution in [3.05, 3.63) is 106 Å². The zero-order valence-electron chi connectivity index (χ0n) is 22.2. The Balaban J connectivity index is 1.53. The summed E-state index contributed by atoms with van der Waals surface area (Å²) >= 11 is 3.61. The van der Waals surface area contributed by atoms with E-state index >= 15 is 0 Å². The van der Waals surface area contributed by atoms with E-state index in [2.05, 4.69) is 120 Å². The lowest BCUT2D eigenvalue weighted by molar-refractivity contribution is 0.163. The molecule has 0 saturated carbocycles. The summed E-state index contributed by atoms with van der Waals surface area (Å²) < 4.78 is 14.2. The van der Waals surface area contributed by atoms with Gasteiger partial charge in [-0.25, -0.2) is 0 Å². The number of hydrogen-bond donors (Lipinski definition) is 0. The molecule has 0 amide bonds. The number of halogens is 1. The number of benzene rings is 4. The maximum atomic E-state index is 7.23. The van der Waals surface area contributed by atoms with Crippen LogP contribution in [0.15, 0.2) is 83.3 Å². The van der Waals surface area contributed by atoms with Crippen molar-refractivity contribution in [3.63, 3.8) is 0 Å². The Bertz CT molecular complexity index is 1470. The van der Waals surface area contributed by atoms with E-state index in [9.17, 15) is 0 Å². The average Bonchev–Trinajstić information content (AvgIpc) is 2.97. The zero-order valence-corrected chi connectivity index (χ0v) is 23.8. The van der Waals surface area contributed by atoms with Crippen LogP contribution in [0.3, 0.4) is 0 Å². The molecule has 1 atom stereocenters. The third-order valence-corrected chi connectivity index (χ3v) is 8.41. The topological polar surface area (TPSA) is 21.7 Å². The fourth-order valence-electron chi connectivity index (χ4n) is 5.96. The molecule has 0 aliphatic carbocycles. The molecular formula is C34H34BrNO2. The molecule has 1 saturated heterocycles. The number of fused-ring (bicyclic) bond motifs is 3. The van der Waals surface area contributed by atoms with E-state index in [-0.39, 0.29) is 0 Å². The molecule has 3 nitrogen and oxygen atoms in total. The summed E-state index contributed by atoms with van der Waals surface area (Å²) in [7, 11) is 0. The predicted octanol–water partition coefficient (Wildman–Crippen LogP) is 9.04. The smallest absolute Gasteiger partial charge is 0.178 e. The summed E-state index contributed by atoms with van der Waals surface area (Å²) in [5.41, 5.74) is 5.25. The van der Waals surface area contributed by atoms with Crippen LogP contribution in [-0.4, -0.2) is 19.7 Å². The maximum absolute atomic E-state index is 7.23. The van der Waals surface area contributed by atoms with Gasteiger partial charge in [0.2, 0.25) is 0 Å². The molecule has 6 rings (SSSR count). The molecule has 0 N–H and O–H groups in total. The number of hydrogen-bond acceptors (Lipinski definition) is 3. The summed E-state index contributed by atoms with van der Waals surface area (Å²) in [4.78, 5) is 2.58. The van der Waals surface area contributed by atoms with Gasteiger partial charge in [0, 0.05) is 50.7 Å². The molecule has 38 heavy (non-hydrogen) atoms. The van der Waals surface area contributed by atoms with Gasteiger partial charge in [0.25, 0.3) is 0 Å². The van der Waals surface area contributed by atoms with Crippen molar-refractivity contribution >= 4 is 38.5 Å². The molecule has 0 radical (unpaired) electrons. The highest BCUT2D eigenvalue weighted by atomic mass is 79.9. The van der Waals surface area contributed by atoms with Gasteiger partial charge in [0.1, 0.15) is 11.5 Å². The highest BCUT2D eigenvalue weighted by Crippen LogP contribution is 2.49. The van der Waals surface area contributed by atoms with E-state index in [0.29, 0.717) is 6.61 Å². The standard InChI is InChI=1S/C34H34BrNO2/c1-3-23-37-28-17-13-26(14-18-28)34(25-11-15-27(35)16-12-25)20-19-29-24(2)32(36-21-7-4-8-22-36)30-9-5-6-10-31(30)33(29)38-34/h5-6,9-20H,3-4,7-8,21-23H2,1-2H3. The van der Waals surface area contributed by atoms with Crippen molar-refractivity contribution < 1.29 is 9.47 Å². The molecule has 4 aromatic rings. The van der Waals surface area contributed by atoms with E-state index < -0.39 is 5.60 Å². The van der Waals surface area contributed by atoms with Crippen LogP contribution in [-0.2, 0) is 5.60 Å². The minimum atomic E-state index is -0.751. The monoisotopic (exact) mass is 567 g/mol. The second-order valence-electron chi connectivity index (χ2n) is 10.4. The average molecular weight is 569 g/mol. The maximum Gasteiger partial charge on any atom is 0.178 e. The molecule has 194 valence electrons. The van der Waals surface area contributed by atoms with Crippen molar-refractivity contribution in [2.24, 2.45) is 0 Å². The minimum Gasteiger partial charge on any atom is -0.494 e. The number of ether oxygens (including phenoxy) is 2. The predicted molar refractivity (Wildman–Crippen MR) is 162 cm³/mol. The van der Waals surface area contributed by atoms with Crippen LogP contribution in [0.25, 0.3) is 16.8 Å². The van der Waals surface area contributed by atoms with Crippen LogP contribution in [0.5, 0.6) is 11.5 Å². The van der Waals surface area contributed by atoms with Gasteiger partial charge in [-0.3, -0.25) is 0 Å². The Labute approximate surface area is 234 Å². The minimum absolute atomic E-state index is 0.714. The molecule has 1 unspecified atom stereocenters. The van der Waals surface area contributed by atoms with Crippen LogP contribution in [0, 0.1) is 6.92 Å². The third-order valence-electron chi connectivity index (χ3n) is 7.88. The van der Waals surface area contributed by atoms with Gasteiger partial charge in [-0.1, -0.05) is 77.5 Å². The van der Waals surface area contributed by atoms with Crippen LogP contribution >= 0.6 is 15.9 Å². The Morgan fingerprint density at radius 2 is 1.53 bits per heavy atom. The molecule has 2 aliphatic rings. The summed E-state index contributed by atoms with van der Waals surface area (Å²) in [5.74, 6) is 1.84. The lowest BCUT2D eigenvalue weighted by atomic mass is 9.82. The second kappa shape index (κ2) is 10.5. The third kappa shape index (κ3) is 4.39. The number of nitrogens with zero attached hydrogens (tertiary/aromatic N) is 1. The van der Waals surface area contributed by atoms with E-state index in [1.165, 1.54) is 46.8 Å². The lowest BCUT2D eigenvalue weighted by Crippen LogP contribution is -2.35. The highest BCUT2D eigenvalue weighted by molar-refractivity contribution is 9.10. The quantitative estimate of drug-likeness (QED) is 0.232. The molecule has 2 aliphatic heterocycles. The largest absolute Gasteiger partial charge is 0.494 e. The lowest BCUT2D eigenvalue weighted by Gasteiger charge is -2.39. The van der Waals surface area contributed by atoms with E-state index in [4.69, 9.17) is 9.47 Å². The van der Waals surface area contributed by atoms with Gasteiger partial charge in [0.15, 0.2) is 5.60 Å². The van der Waals surface area contributed by atoms with E-state index in [1.54, 1.807) is 0 Å². The summed E-state index contributed by atoms with van der Waals surface area (Å²) in [6.07, 6.45) is 9.34. The molecule has 1 fully saturated rings. The fourth-order valence-corrected chi connectivity index (χ4v) is 6.22. The first kappa shape index (κ1) is 25.1. The van der Waals surface area contributed by atoms with Crippen LogP contribution in [0.4, 0.5) is 5.69 Å². The van der Waals surface area contributed by atoms with E-state index in [1.807, 2.05) is 0 Å². The Kier molecular flexibility index (Phi) is 6.92. The first-order valence-electron chi connectivity index (χ1n) is 13.8. The number of anilines is 1. The normalized spacial score (nSPS) is 18.8. The van der Waals surface area contributed by atoms with Gasteiger partial charge >= 0.3 is 0 Å². The van der Waals surface area contributed by atoms with Crippen molar-refractivity contribution in [3.8, 4) is 11.5 Å². The summed E-state index contributed by atoms with van der Waals surface area (Å²) in [6, 6.07) is 25.6. The van der Waals surface area contributed by atoms with Gasteiger partial charge in [0.05, 0.1) is 6.61 Å². The van der Waals surface area contributed by atoms with Crippen LogP contribution in [0.2, 0.25) is 0 Å². The highest BCUT2D eigenvalue weighted by Gasteiger charge is 2.39. The first-order valence-corrected chi connectivity index (χ1v) is 14.6. The summed E-state index contributed by atoms with van der Waals surface area (Å²) in [5, 5.41) is 2.44. The molecule has 4 aromatic carbocycles. The SMILES string of the molecule is CCCOc1ccc(C2(c3ccc(Br)cc3)C=Cc3c(C)c(N4CCCCC4)c4ccccc4c3O2)cc1. The Morgan fingerprint density at radius 3 is 2.21 bits per heavy atom. The molecular weight excluding hydrogens is 534 g/mol. The summed E-state index contributed by atoms with van der Waals surface area (Å²) in [6.45, 7) is 7.33. The number of rotatable bonds is 6. The molecule has 0 aromatic heterocycles. The molecule has 0 bridgehead atoms. The van der Waals surface area contributed by atoms with Crippen molar-refractivity contribution in [1.82, 2.24) is 0 Å². The van der Waals surface area contributed by atoms with E-state index in [0.717, 1.165) is 46.6 Å². The Hall–Kier alpha value is -3.24. The Morgan fingerprint density at radius 1 is 0.868 bits per heavy atom. The first-order chi connectivity index (χ1) is 18.6. The van der Waals surface area contributed by atoms with Crippen molar-refractivity contribution in [1.29, 1.82) is 0 Å². The number of piperidine rings is 1. The van der Waals surface area contributed by atoms with Crippen molar-refractivity contribution in [2.45, 2.75) is 45.1 Å². The van der Waals surface area contributed by atoms with Gasteiger partial charge < -0.3 is 14.4 Å². The van der Waals surface area contributed by atoms with Gasteiger partial charge in [-0.05, 0) is 68.5 Å². The fraction of sp³-hybridized carbons (Fsp3) is 0.294. The van der Waals surface area contributed by atoms with Gasteiger partial charge in [-0.15, -0.1) is 0 Å². The second-order valence-corrected chi connectivity index (χ2v) is 11.3. The molecule has 0 spiro atoms. The zero-order chi connectivity index (χ0) is 26.1.